The van der Waals surface area contributed by atoms with Crippen LogP contribution in [0.3, 0.4) is 0 Å². The molecule has 0 aliphatic heterocycles. The molecule has 0 atom stereocenters. The highest BCUT2D eigenvalue weighted by Crippen LogP contribution is 2.39. The summed E-state index contributed by atoms with van der Waals surface area (Å²) < 4.78 is 40.7. The fourth-order valence-electron chi connectivity index (χ4n) is 4.30. The first-order valence-corrected chi connectivity index (χ1v) is 13.4. The van der Waals surface area contributed by atoms with Crippen LogP contribution in [0.1, 0.15) is 25.1 Å². The Balaban J connectivity index is 1.34. The summed E-state index contributed by atoms with van der Waals surface area (Å²) in [6, 6.07) is 20.7. The molecule has 9 heteroatoms. The number of imidazole rings is 1. The van der Waals surface area contributed by atoms with Crippen LogP contribution < -0.4 is 9.47 Å². The van der Waals surface area contributed by atoms with Gasteiger partial charge in [-0.3, -0.25) is 0 Å². The molecule has 0 spiro atoms. The minimum absolute atomic E-state index is 0.174. The van der Waals surface area contributed by atoms with Crippen LogP contribution in [-0.4, -0.2) is 39.2 Å². The lowest BCUT2D eigenvalue weighted by atomic mass is 9.79. The van der Waals surface area contributed by atoms with E-state index in [-0.39, 0.29) is 11.6 Å². The molecule has 5 aromatic rings. The van der Waals surface area contributed by atoms with Crippen LogP contribution in [0.25, 0.3) is 16.9 Å². The number of aromatic amines is 1. The number of hydrogen-bond acceptors (Lipinski definition) is 5. The molecule has 5 rings (SSSR count). The number of thioether (sulfide) groups is 1. The minimum Gasteiger partial charge on any atom is -0.494 e. The number of methoxy groups -OCH3 is 1. The average Bonchev–Trinajstić information content (AvgIpc) is 3.63. The maximum absolute atomic E-state index is 14.1. The Morgan fingerprint density at radius 1 is 1.00 bits per heavy atom. The van der Waals surface area contributed by atoms with Crippen molar-refractivity contribution in [2.75, 3.05) is 19.5 Å². The monoisotopic (exact) mass is 546 g/mol. The van der Waals surface area contributed by atoms with E-state index < -0.39 is 11.2 Å². The first-order chi connectivity index (χ1) is 18.8. The van der Waals surface area contributed by atoms with Crippen LogP contribution in [0.2, 0.25) is 0 Å². The van der Waals surface area contributed by atoms with Gasteiger partial charge in [0, 0.05) is 29.1 Å². The number of ether oxygens (including phenoxy) is 2. The van der Waals surface area contributed by atoms with Gasteiger partial charge in [-0.15, -0.1) is 0 Å². The summed E-state index contributed by atoms with van der Waals surface area (Å²) in [5.41, 5.74) is 3.56. The van der Waals surface area contributed by atoms with Crippen molar-refractivity contribution < 1.29 is 18.3 Å². The van der Waals surface area contributed by atoms with Crippen molar-refractivity contribution in [3.05, 3.63) is 108 Å². The lowest BCUT2D eigenvalue weighted by molar-refractivity contribution is 0.344. The molecule has 2 heterocycles. The molecule has 1 N–H and O–H groups in total. The fraction of sp³-hybridized carbons (Fsp3) is 0.200. The van der Waals surface area contributed by atoms with Crippen LogP contribution in [0.15, 0.2) is 90.3 Å². The Hall–Kier alpha value is -4.11. The van der Waals surface area contributed by atoms with Crippen molar-refractivity contribution in [3.63, 3.8) is 0 Å². The van der Waals surface area contributed by atoms with Gasteiger partial charge in [0.15, 0.2) is 16.7 Å². The first kappa shape index (κ1) is 26.5. The van der Waals surface area contributed by atoms with E-state index in [4.69, 9.17) is 14.5 Å². The van der Waals surface area contributed by atoms with Gasteiger partial charge in [0.1, 0.15) is 11.6 Å². The van der Waals surface area contributed by atoms with E-state index in [0.29, 0.717) is 23.2 Å². The highest BCUT2D eigenvalue weighted by Gasteiger charge is 2.31. The van der Waals surface area contributed by atoms with Crippen molar-refractivity contribution in [1.29, 1.82) is 0 Å². The summed E-state index contributed by atoms with van der Waals surface area (Å²) in [7, 11) is 1.44. The van der Waals surface area contributed by atoms with Gasteiger partial charge >= 0.3 is 0 Å². The number of nitrogens with one attached hydrogen (secondary N) is 1. The molecule has 0 bridgehead atoms. The lowest BCUT2D eigenvalue weighted by Crippen LogP contribution is -2.21. The average molecular weight is 547 g/mol. The van der Waals surface area contributed by atoms with Gasteiger partial charge in [-0.25, -0.2) is 18.4 Å². The highest BCUT2D eigenvalue weighted by atomic mass is 32.2. The van der Waals surface area contributed by atoms with E-state index in [9.17, 15) is 8.78 Å². The van der Waals surface area contributed by atoms with E-state index in [2.05, 4.69) is 10.1 Å². The van der Waals surface area contributed by atoms with E-state index in [1.165, 1.54) is 37.1 Å². The van der Waals surface area contributed by atoms with Gasteiger partial charge in [0.25, 0.3) is 0 Å². The largest absolute Gasteiger partial charge is 0.494 e. The molecule has 3 aromatic carbocycles. The van der Waals surface area contributed by atoms with Crippen LogP contribution in [-0.2, 0) is 5.41 Å². The van der Waals surface area contributed by atoms with E-state index >= 15 is 0 Å². The highest BCUT2D eigenvalue weighted by molar-refractivity contribution is 7.99. The first-order valence-electron chi connectivity index (χ1n) is 12.4. The summed E-state index contributed by atoms with van der Waals surface area (Å²) in [6.07, 6.45) is 3.62. The van der Waals surface area contributed by atoms with Gasteiger partial charge in [-0.2, -0.15) is 5.10 Å². The van der Waals surface area contributed by atoms with Crippen molar-refractivity contribution in [2.45, 2.75) is 24.4 Å². The van der Waals surface area contributed by atoms with Gasteiger partial charge in [-0.1, -0.05) is 31.7 Å². The number of rotatable bonds is 10. The fourth-order valence-corrected chi connectivity index (χ4v) is 4.99. The van der Waals surface area contributed by atoms with Gasteiger partial charge in [0.2, 0.25) is 0 Å². The zero-order valence-corrected chi connectivity index (χ0v) is 22.6. The molecule has 0 saturated carbocycles. The van der Waals surface area contributed by atoms with E-state index in [1.54, 1.807) is 35.1 Å². The third kappa shape index (κ3) is 5.83. The smallest absolute Gasteiger partial charge is 0.166 e. The molecule has 0 fully saturated rings. The van der Waals surface area contributed by atoms with Crippen LogP contribution >= 0.6 is 11.8 Å². The normalized spacial score (nSPS) is 11.5. The third-order valence-corrected chi connectivity index (χ3v) is 7.33. The van der Waals surface area contributed by atoms with Crippen molar-refractivity contribution in [3.8, 4) is 28.4 Å². The number of aromatic nitrogens is 4. The van der Waals surface area contributed by atoms with Crippen LogP contribution in [0.5, 0.6) is 11.5 Å². The Kier molecular flexibility index (Phi) is 7.70. The second-order valence-corrected chi connectivity index (χ2v) is 10.5. The summed E-state index contributed by atoms with van der Waals surface area (Å²) in [6.45, 7) is 4.54. The maximum Gasteiger partial charge on any atom is 0.166 e. The molecule has 0 aliphatic rings. The molecule has 39 heavy (non-hydrogen) atoms. The predicted octanol–water partition coefficient (Wildman–Crippen LogP) is 7.05. The second-order valence-electron chi connectivity index (χ2n) is 9.39. The molecule has 0 amide bonds. The van der Waals surface area contributed by atoms with E-state index in [0.717, 1.165) is 28.3 Å². The minimum atomic E-state index is -0.580. The number of benzene rings is 3. The quantitative estimate of drug-likeness (QED) is 0.150. The summed E-state index contributed by atoms with van der Waals surface area (Å²) in [5, 5.41) is 4.94. The Bertz CT molecular complexity index is 1530. The molecule has 200 valence electrons. The second kappa shape index (κ2) is 11.3. The SMILES string of the molecule is COc1cc(C(C)(C)c2[nH]c(SCCOc3ccc(-n4cccn4)cc3)nc2-c2ccc(F)cc2)ccc1F. The zero-order chi connectivity index (χ0) is 27.4. The molecular weight excluding hydrogens is 518 g/mol. The molecule has 0 aliphatic carbocycles. The number of nitrogens with zero attached hydrogens (tertiary/aromatic N) is 3. The van der Waals surface area contributed by atoms with Crippen LogP contribution in [0, 0.1) is 11.6 Å². The standard InChI is InChI=1S/C30H28F2N4O2S/c1-30(2,21-7-14-25(32)26(19-21)37-3)28-27(20-5-8-22(31)9-6-20)34-29(35-28)39-18-17-38-24-12-10-23(11-13-24)36-16-4-15-33-36/h4-16,19H,17-18H2,1-3H3,(H,34,35). The zero-order valence-electron chi connectivity index (χ0n) is 21.8. The Morgan fingerprint density at radius 3 is 2.46 bits per heavy atom. The van der Waals surface area contributed by atoms with Crippen molar-refractivity contribution in [1.82, 2.24) is 19.7 Å². The molecular formula is C30H28F2N4O2S. The van der Waals surface area contributed by atoms with Crippen LogP contribution in [0.4, 0.5) is 8.78 Å². The lowest BCUT2D eigenvalue weighted by Gasteiger charge is -2.26. The summed E-state index contributed by atoms with van der Waals surface area (Å²) >= 11 is 1.53. The molecule has 0 radical (unpaired) electrons. The van der Waals surface area contributed by atoms with Gasteiger partial charge in [0.05, 0.1) is 30.8 Å². The Labute approximate surface area is 230 Å². The predicted molar refractivity (Wildman–Crippen MR) is 149 cm³/mol. The van der Waals surface area contributed by atoms with Gasteiger partial charge in [-0.05, 0) is 72.3 Å². The molecule has 0 saturated heterocycles. The molecule has 2 aromatic heterocycles. The third-order valence-electron chi connectivity index (χ3n) is 6.49. The summed E-state index contributed by atoms with van der Waals surface area (Å²) in [5.74, 6) is 0.856. The number of H-pyrrole nitrogens is 1. The van der Waals surface area contributed by atoms with Crippen molar-refractivity contribution in [2.24, 2.45) is 0 Å². The Morgan fingerprint density at radius 2 is 1.77 bits per heavy atom. The van der Waals surface area contributed by atoms with Crippen molar-refractivity contribution >= 4 is 11.8 Å². The topological polar surface area (TPSA) is 65.0 Å². The van der Waals surface area contributed by atoms with Gasteiger partial charge < -0.3 is 14.5 Å². The molecule has 6 nitrogen and oxygen atoms in total. The molecule has 0 unspecified atom stereocenters. The van der Waals surface area contributed by atoms with E-state index in [1.807, 2.05) is 50.4 Å². The number of halogens is 2. The maximum atomic E-state index is 14.1. The summed E-state index contributed by atoms with van der Waals surface area (Å²) in [4.78, 5) is 8.33. The number of hydrogen-bond donors (Lipinski definition) is 1.